The summed E-state index contributed by atoms with van der Waals surface area (Å²) in [4.78, 5) is 12.1. The predicted molar refractivity (Wildman–Crippen MR) is 72.4 cm³/mol. The first-order valence-electron chi connectivity index (χ1n) is 5.79. The van der Waals surface area contributed by atoms with Crippen molar-refractivity contribution in [1.82, 2.24) is 14.4 Å². The Bertz CT molecular complexity index is 527. The molecule has 2 saturated heterocycles. The number of carbonyl (C=O) groups is 1. The molecule has 2 fully saturated rings. The Balaban J connectivity index is 1.79. The molecule has 0 spiro atoms. The molecule has 2 heterocycles. The second-order valence-corrected chi connectivity index (χ2v) is 7.76. The average molecular weight is 330 g/mol. The summed E-state index contributed by atoms with van der Waals surface area (Å²) < 4.78 is 17.2. The second kappa shape index (κ2) is 4.46. The molecule has 1 amide bonds. The fourth-order valence-electron chi connectivity index (χ4n) is 1.78. The van der Waals surface area contributed by atoms with E-state index in [0.717, 1.165) is 30.7 Å². The lowest BCUT2D eigenvalue weighted by atomic mass is 10.2. The lowest BCUT2D eigenvalue weighted by Gasteiger charge is -2.20. The first-order valence-corrected chi connectivity index (χ1v) is 8.19. The summed E-state index contributed by atoms with van der Waals surface area (Å²) in [5.74, 6) is -0.279. The summed E-state index contributed by atoms with van der Waals surface area (Å²) in [7, 11) is -2.83. The van der Waals surface area contributed by atoms with Crippen LogP contribution in [-0.4, -0.2) is 41.4 Å². The van der Waals surface area contributed by atoms with Gasteiger partial charge in [0.05, 0.1) is 0 Å². The Morgan fingerprint density at radius 1 is 1.22 bits per heavy atom. The van der Waals surface area contributed by atoms with E-state index in [-0.39, 0.29) is 5.91 Å². The molecule has 2 aliphatic heterocycles. The topological polar surface area (TPSA) is 52.2 Å². The fraction of sp³-hybridized carbons (Fsp3) is 0.364. The monoisotopic (exact) mass is 329 g/mol. The molecule has 1 N–H and O–H groups in total. The van der Waals surface area contributed by atoms with Crippen LogP contribution in [0.15, 0.2) is 28.7 Å². The number of halogens is 1. The first-order chi connectivity index (χ1) is 8.59. The first kappa shape index (κ1) is 12.4. The van der Waals surface area contributed by atoms with Crippen LogP contribution in [0.4, 0.5) is 0 Å². The van der Waals surface area contributed by atoms with Crippen molar-refractivity contribution in [1.29, 1.82) is 0 Å². The summed E-state index contributed by atoms with van der Waals surface area (Å²) in [5, 5.41) is 2.71. The SMILES string of the molecule is O=C(NP(=O)(N1CC1)N1CC1)c1cccc(Br)c1. The van der Waals surface area contributed by atoms with E-state index in [4.69, 9.17) is 0 Å². The molecule has 0 unspecified atom stereocenters. The van der Waals surface area contributed by atoms with Gasteiger partial charge in [-0.1, -0.05) is 22.0 Å². The number of nitrogens with zero attached hydrogens (tertiary/aromatic N) is 2. The van der Waals surface area contributed by atoms with Crippen LogP contribution < -0.4 is 5.09 Å². The normalized spacial score (nSPS) is 19.6. The van der Waals surface area contributed by atoms with Gasteiger partial charge in [0.2, 0.25) is 0 Å². The van der Waals surface area contributed by atoms with Crippen molar-refractivity contribution in [2.24, 2.45) is 0 Å². The van der Waals surface area contributed by atoms with Crippen molar-refractivity contribution in [3.05, 3.63) is 34.3 Å². The summed E-state index contributed by atoms with van der Waals surface area (Å²) in [6.07, 6.45) is 0. The zero-order chi connectivity index (χ0) is 12.8. The van der Waals surface area contributed by atoms with E-state index in [1.54, 1.807) is 18.2 Å². The molecule has 96 valence electrons. The molecule has 0 aromatic heterocycles. The summed E-state index contributed by atoms with van der Waals surface area (Å²) in [6, 6.07) is 7.09. The van der Waals surface area contributed by atoms with E-state index in [1.807, 2.05) is 15.4 Å². The van der Waals surface area contributed by atoms with Gasteiger partial charge in [0.15, 0.2) is 0 Å². The molecule has 18 heavy (non-hydrogen) atoms. The highest BCUT2D eigenvalue weighted by molar-refractivity contribution is 9.10. The molecule has 0 atom stereocenters. The van der Waals surface area contributed by atoms with Gasteiger partial charge in [-0.25, -0.2) is 9.34 Å². The molecule has 7 heteroatoms. The van der Waals surface area contributed by atoms with Gasteiger partial charge >= 0.3 is 7.59 Å². The summed E-state index contributed by atoms with van der Waals surface area (Å²) in [5.41, 5.74) is 0.522. The van der Waals surface area contributed by atoms with Crippen molar-refractivity contribution < 1.29 is 9.36 Å². The van der Waals surface area contributed by atoms with Crippen LogP contribution in [0.5, 0.6) is 0 Å². The molecule has 0 radical (unpaired) electrons. The third-order valence-corrected chi connectivity index (χ3v) is 6.27. The van der Waals surface area contributed by atoms with Gasteiger partial charge in [0.25, 0.3) is 5.91 Å². The Morgan fingerprint density at radius 2 is 1.83 bits per heavy atom. The number of hydrogen-bond acceptors (Lipinski definition) is 2. The molecule has 2 aliphatic rings. The summed E-state index contributed by atoms with van der Waals surface area (Å²) >= 11 is 3.32. The van der Waals surface area contributed by atoms with E-state index in [9.17, 15) is 9.36 Å². The molecule has 0 saturated carbocycles. The van der Waals surface area contributed by atoms with Crippen LogP contribution in [0, 0.1) is 0 Å². The predicted octanol–water partition coefficient (Wildman–Crippen LogP) is 1.92. The molecule has 0 aliphatic carbocycles. The largest absolute Gasteiger partial charge is 0.311 e. The molecular weight excluding hydrogens is 317 g/mol. The second-order valence-electron chi connectivity index (χ2n) is 4.40. The maximum Gasteiger partial charge on any atom is 0.311 e. The molecule has 5 nitrogen and oxygen atoms in total. The van der Waals surface area contributed by atoms with Gasteiger partial charge in [-0.15, -0.1) is 0 Å². The number of amides is 1. The lowest BCUT2D eigenvalue weighted by Crippen LogP contribution is -2.27. The number of benzene rings is 1. The zero-order valence-electron chi connectivity index (χ0n) is 9.67. The molecule has 1 aromatic carbocycles. The average Bonchev–Trinajstić information content (AvgIpc) is 3.19. The van der Waals surface area contributed by atoms with E-state index >= 15 is 0 Å². The van der Waals surface area contributed by atoms with Crippen LogP contribution in [0.2, 0.25) is 0 Å². The van der Waals surface area contributed by atoms with E-state index < -0.39 is 7.59 Å². The minimum absolute atomic E-state index is 0.279. The fourth-order valence-corrected chi connectivity index (χ4v) is 4.48. The van der Waals surface area contributed by atoms with Crippen molar-refractivity contribution in [3.8, 4) is 0 Å². The van der Waals surface area contributed by atoms with Crippen molar-refractivity contribution in [3.63, 3.8) is 0 Å². The number of rotatable bonds is 4. The van der Waals surface area contributed by atoms with Crippen LogP contribution in [-0.2, 0) is 4.57 Å². The highest BCUT2D eigenvalue weighted by atomic mass is 79.9. The highest BCUT2D eigenvalue weighted by Crippen LogP contribution is 2.56. The van der Waals surface area contributed by atoms with Crippen LogP contribution in [0.3, 0.4) is 0 Å². The van der Waals surface area contributed by atoms with Crippen LogP contribution in [0.25, 0.3) is 0 Å². The number of nitrogens with one attached hydrogen (secondary N) is 1. The van der Waals surface area contributed by atoms with Gasteiger partial charge < -0.3 is 0 Å². The minimum Gasteiger partial charge on any atom is -0.279 e. The quantitative estimate of drug-likeness (QED) is 0.677. The standard InChI is InChI=1S/C11H13BrN3O2P/c12-10-3-1-2-9(8-10)11(16)13-18(17,14-4-5-14)15-6-7-15/h1-3,8H,4-7H2,(H,13,16,17). The van der Waals surface area contributed by atoms with E-state index in [2.05, 4.69) is 21.0 Å². The zero-order valence-corrected chi connectivity index (χ0v) is 12.2. The smallest absolute Gasteiger partial charge is 0.279 e. The van der Waals surface area contributed by atoms with Gasteiger partial charge in [-0.2, -0.15) is 0 Å². The van der Waals surface area contributed by atoms with Crippen LogP contribution in [0.1, 0.15) is 10.4 Å². The Morgan fingerprint density at radius 3 is 2.33 bits per heavy atom. The van der Waals surface area contributed by atoms with Crippen molar-refractivity contribution in [2.45, 2.75) is 0 Å². The highest BCUT2D eigenvalue weighted by Gasteiger charge is 2.49. The summed E-state index contributed by atoms with van der Waals surface area (Å²) in [6.45, 7) is 3.19. The lowest BCUT2D eigenvalue weighted by molar-refractivity contribution is 0.0977. The Labute approximate surface area is 114 Å². The Kier molecular flexibility index (Phi) is 3.06. The minimum atomic E-state index is -2.83. The third kappa shape index (κ3) is 2.38. The van der Waals surface area contributed by atoms with Crippen molar-refractivity contribution >= 4 is 29.4 Å². The van der Waals surface area contributed by atoms with Crippen molar-refractivity contribution in [2.75, 3.05) is 26.2 Å². The number of carbonyl (C=O) groups excluding carboxylic acids is 1. The molecular formula is C11H13BrN3O2P. The third-order valence-electron chi connectivity index (χ3n) is 2.95. The van der Waals surface area contributed by atoms with Crippen LogP contribution >= 0.6 is 23.5 Å². The van der Waals surface area contributed by atoms with Gasteiger partial charge in [0.1, 0.15) is 0 Å². The molecule has 3 rings (SSSR count). The van der Waals surface area contributed by atoms with Gasteiger partial charge in [0, 0.05) is 36.2 Å². The van der Waals surface area contributed by atoms with Gasteiger partial charge in [-0.3, -0.25) is 14.4 Å². The van der Waals surface area contributed by atoms with Gasteiger partial charge in [-0.05, 0) is 18.2 Å². The maximum atomic E-state index is 12.7. The molecule has 0 bridgehead atoms. The maximum absolute atomic E-state index is 12.7. The van der Waals surface area contributed by atoms with E-state index in [1.165, 1.54) is 0 Å². The number of hydrogen-bond donors (Lipinski definition) is 1. The Hall–Kier alpha value is -0.680. The molecule has 1 aromatic rings. The van der Waals surface area contributed by atoms with E-state index in [0.29, 0.717) is 5.56 Å².